The van der Waals surface area contributed by atoms with Crippen LogP contribution in [-0.4, -0.2) is 20.7 Å². The highest BCUT2D eigenvalue weighted by Crippen LogP contribution is 2.47. The summed E-state index contributed by atoms with van der Waals surface area (Å²) in [5.41, 5.74) is 1.89. The number of benzene rings is 1. The minimum atomic E-state index is -0.0142. The van der Waals surface area contributed by atoms with E-state index in [0.717, 1.165) is 17.7 Å². The lowest BCUT2D eigenvalue weighted by molar-refractivity contribution is -0.117. The molecule has 1 saturated carbocycles. The molecule has 0 radical (unpaired) electrons. The Bertz CT molecular complexity index is 877. The molecular weight excluding hydrogens is 324 g/mol. The number of amides is 1. The Labute approximate surface area is 144 Å². The quantitative estimate of drug-likeness (QED) is 0.789. The average Bonchev–Trinajstić information content (AvgIpc) is 3.29. The number of para-hydroxylation sites is 1. The molecule has 0 saturated heterocycles. The lowest BCUT2D eigenvalue weighted by atomic mass is 10.1. The van der Waals surface area contributed by atoms with Gasteiger partial charge in [-0.2, -0.15) is 5.10 Å². The molecule has 0 aliphatic heterocycles. The van der Waals surface area contributed by atoms with Crippen LogP contribution in [0.1, 0.15) is 17.9 Å². The van der Waals surface area contributed by atoms with E-state index in [2.05, 4.69) is 15.4 Å². The Morgan fingerprint density at radius 3 is 2.88 bits per heavy atom. The summed E-state index contributed by atoms with van der Waals surface area (Å²) in [4.78, 5) is 16.5. The van der Waals surface area contributed by atoms with Crippen molar-refractivity contribution in [2.75, 3.05) is 5.32 Å². The van der Waals surface area contributed by atoms with Crippen LogP contribution in [0.2, 0.25) is 5.02 Å². The number of pyridine rings is 1. The molecule has 1 amide bonds. The van der Waals surface area contributed by atoms with Crippen LogP contribution in [0.3, 0.4) is 0 Å². The Morgan fingerprint density at radius 1 is 1.21 bits per heavy atom. The fourth-order valence-corrected chi connectivity index (χ4v) is 3.05. The van der Waals surface area contributed by atoms with Crippen molar-refractivity contribution in [3.8, 4) is 5.69 Å². The first kappa shape index (κ1) is 14.9. The van der Waals surface area contributed by atoms with Gasteiger partial charge in [0.15, 0.2) is 5.82 Å². The molecule has 2 atom stereocenters. The fourth-order valence-electron chi connectivity index (χ4n) is 2.83. The van der Waals surface area contributed by atoms with Crippen molar-refractivity contribution in [1.82, 2.24) is 14.8 Å². The van der Waals surface area contributed by atoms with Crippen LogP contribution in [0.5, 0.6) is 0 Å². The van der Waals surface area contributed by atoms with E-state index in [4.69, 9.17) is 11.6 Å². The maximum atomic E-state index is 12.4. The van der Waals surface area contributed by atoms with Gasteiger partial charge in [0.05, 0.1) is 10.7 Å². The third kappa shape index (κ3) is 2.90. The molecule has 24 heavy (non-hydrogen) atoms. The zero-order chi connectivity index (χ0) is 16.5. The first-order chi connectivity index (χ1) is 11.7. The third-order valence-corrected chi connectivity index (χ3v) is 4.50. The predicted molar refractivity (Wildman–Crippen MR) is 92.3 cm³/mol. The Balaban J connectivity index is 1.44. The van der Waals surface area contributed by atoms with Crippen molar-refractivity contribution in [3.05, 3.63) is 71.6 Å². The van der Waals surface area contributed by atoms with Crippen molar-refractivity contribution in [1.29, 1.82) is 0 Å². The zero-order valence-electron chi connectivity index (χ0n) is 12.8. The van der Waals surface area contributed by atoms with Gasteiger partial charge >= 0.3 is 0 Å². The molecule has 3 aromatic rings. The molecule has 1 N–H and O–H groups in total. The molecule has 1 aliphatic carbocycles. The number of carbonyl (C=O) groups excluding carboxylic acids is 1. The summed E-state index contributed by atoms with van der Waals surface area (Å²) < 4.78 is 1.66. The lowest BCUT2D eigenvalue weighted by Gasteiger charge is -2.04. The van der Waals surface area contributed by atoms with Crippen LogP contribution in [-0.2, 0) is 4.79 Å². The van der Waals surface area contributed by atoms with E-state index < -0.39 is 0 Å². The Morgan fingerprint density at radius 2 is 2.08 bits per heavy atom. The highest BCUT2D eigenvalue weighted by Gasteiger charge is 2.44. The maximum absolute atomic E-state index is 12.4. The van der Waals surface area contributed by atoms with E-state index in [0.29, 0.717) is 10.8 Å². The molecule has 2 aromatic heterocycles. The first-order valence-corrected chi connectivity index (χ1v) is 8.11. The molecule has 0 bridgehead atoms. The summed E-state index contributed by atoms with van der Waals surface area (Å²) in [6.07, 6.45) is 6.19. The van der Waals surface area contributed by atoms with Crippen molar-refractivity contribution in [2.45, 2.75) is 12.3 Å². The second-order valence-electron chi connectivity index (χ2n) is 5.82. The summed E-state index contributed by atoms with van der Waals surface area (Å²) in [6.45, 7) is 0. The number of rotatable bonds is 4. The van der Waals surface area contributed by atoms with Gasteiger partial charge in [0.2, 0.25) is 5.91 Å². The number of halogens is 1. The van der Waals surface area contributed by atoms with Gasteiger partial charge in [0.1, 0.15) is 0 Å². The predicted octanol–water partition coefficient (Wildman–Crippen LogP) is 3.66. The van der Waals surface area contributed by atoms with Crippen LogP contribution < -0.4 is 5.32 Å². The minimum absolute atomic E-state index is 0.00624. The van der Waals surface area contributed by atoms with Gasteiger partial charge < -0.3 is 5.32 Å². The molecule has 1 fully saturated rings. The molecule has 2 heterocycles. The van der Waals surface area contributed by atoms with E-state index in [9.17, 15) is 4.79 Å². The number of aromatic nitrogens is 3. The normalized spacial score (nSPS) is 19.0. The van der Waals surface area contributed by atoms with E-state index in [1.807, 2.05) is 36.5 Å². The SMILES string of the molecule is O=C(Nc1ccn(-c2ccccc2Cl)n1)[C@@H]1C[C@H]1c1cccnc1. The van der Waals surface area contributed by atoms with E-state index >= 15 is 0 Å². The van der Waals surface area contributed by atoms with Crippen LogP contribution in [0, 0.1) is 5.92 Å². The van der Waals surface area contributed by atoms with Crippen LogP contribution in [0.4, 0.5) is 5.82 Å². The van der Waals surface area contributed by atoms with Gasteiger partial charge in [-0.1, -0.05) is 29.8 Å². The van der Waals surface area contributed by atoms with Gasteiger partial charge in [-0.3, -0.25) is 9.78 Å². The monoisotopic (exact) mass is 338 g/mol. The van der Waals surface area contributed by atoms with Crippen LogP contribution in [0.25, 0.3) is 5.69 Å². The number of anilines is 1. The van der Waals surface area contributed by atoms with Crippen molar-refractivity contribution in [2.24, 2.45) is 5.92 Å². The van der Waals surface area contributed by atoms with Gasteiger partial charge in [-0.05, 0) is 36.1 Å². The minimum Gasteiger partial charge on any atom is -0.309 e. The molecule has 1 aliphatic rings. The average molecular weight is 339 g/mol. The van der Waals surface area contributed by atoms with Crippen LogP contribution >= 0.6 is 11.6 Å². The summed E-state index contributed by atoms with van der Waals surface area (Å²) in [5, 5.41) is 7.86. The number of nitrogens with one attached hydrogen (secondary N) is 1. The smallest absolute Gasteiger partial charge is 0.229 e. The summed E-state index contributed by atoms with van der Waals surface area (Å²) in [6, 6.07) is 13.1. The van der Waals surface area contributed by atoms with E-state index in [-0.39, 0.29) is 17.7 Å². The van der Waals surface area contributed by atoms with E-state index in [1.165, 1.54) is 0 Å². The number of hydrogen-bond acceptors (Lipinski definition) is 3. The molecule has 4 rings (SSSR count). The first-order valence-electron chi connectivity index (χ1n) is 7.74. The second-order valence-corrected chi connectivity index (χ2v) is 6.23. The molecule has 1 aromatic carbocycles. The zero-order valence-corrected chi connectivity index (χ0v) is 13.5. The molecular formula is C18H15ClN4O. The van der Waals surface area contributed by atoms with Crippen molar-refractivity contribution < 1.29 is 4.79 Å². The molecule has 0 unspecified atom stereocenters. The highest BCUT2D eigenvalue weighted by molar-refractivity contribution is 6.32. The van der Waals surface area contributed by atoms with E-state index in [1.54, 1.807) is 29.2 Å². The topological polar surface area (TPSA) is 59.8 Å². The largest absolute Gasteiger partial charge is 0.309 e. The van der Waals surface area contributed by atoms with Crippen molar-refractivity contribution in [3.63, 3.8) is 0 Å². The van der Waals surface area contributed by atoms with Gasteiger partial charge in [0.25, 0.3) is 0 Å². The van der Waals surface area contributed by atoms with Gasteiger partial charge in [-0.25, -0.2) is 4.68 Å². The van der Waals surface area contributed by atoms with Crippen molar-refractivity contribution >= 4 is 23.3 Å². The number of nitrogens with zero attached hydrogens (tertiary/aromatic N) is 3. The molecule has 6 heteroatoms. The second kappa shape index (κ2) is 6.09. The standard InChI is InChI=1S/C18H15ClN4O/c19-15-5-1-2-6-16(15)23-9-7-17(22-23)21-18(24)14-10-13(14)12-4-3-8-20-11-12/h1-9,11,13-14H,10H2,(H,21,22,24)/t13-,14+/m0/s1. The Kier molecular flexibility index (Phi) is 3.78. The molecule has 5 nitrogen and oxygen atoms in total. The molecule has 120 valence electrons. The van der Waals surface area contributed by atoms with Gasteiger partial charge in [-0.15, -0.1) is 0 Å². The number of hydrogen-bond donors (Lipinski definition) is 1. The van der Waals surface area contributed by atoms with Gasteiger partial charge in [0, 0.05) is 30.6 Å². The Hall–Kier alpha value is -2.66. The lowest BCUT2D eigenvalue weighted by Crippen LogP contribution is -2.15. The highest BCUT2D eigenvalue weighted by atomic mass is 35.5. The summed E-state index contributed by atoms with van der Waals surface area (Å²) >= 11 is 6.17. The van der Waals surface area contributed by atoms with Crippen LogP contribution in [0.15, 0.2) is 61.1 Å². The summed E-state index contributed by atoms with van der Waals surface area (Å²) in [7, 11) is 0. The fraction of sp³-hybridized carbons (Fsp3) is 0.167. The third-order valence-electron chi connectivity index (χ3n) is 4.18. The molecule has 0 spiro atoms. The maximum Gasteiger partial charge on any atom is 0.229 e. The summed E-state index contributed by atoms with van der Waals surface area (Å²) in [5.74, 6) is 0.758. The number of carbonyl (C=O) groups is 1.